The van der Waals surface area contributed by atoms with Gasteiger partial charge in [-0.25, -0.2) is 0 Å². The molecule has 10 rings (SSSR count). The van der Waals surface area contributed by atoms with Gasteiger partial charge in [0.15, 0.2) is 0 Å². The minimum absolute atomic E-state index is 1.09. The van der Waals surface area contributed by atoms with Crippen molar-refractivity contribution >= 4 is 60.4 Å². The molecule has 0 N–H and O–H groups in total. The molecule has 0 bridgehead atoms. The zero-order valence-corrected chi connectivity index (χ0v) is 28.5. The third-order valence-electron chi connectivity index (χ3n) is 10.4. The van der Waals surface area contributed by atoms with Gasteiger partial charge in [-0.05, 0) is 81.4 Å². The highest BCUT2D eigenvalue weighted by molar-refractivity contribution is 6.18. The van der Waals surface area contributed by atoms with Gasteiger partial charge in [0.1, 0.15) is 0 Å². The molecular weight excluding hydrogens is 629 g/mol. The highest BCUT2D eigenvalue weighted by Crippen LogP contribution is 2.44. The van der Waals surface area contributed by atoms with E-state index in [1.807, 2.05) is 0 Å². The van der Waals surface area contributed by atoms with Crippen LogP contribution in [-0.4, -0.2) is 4.57 Å². The van der Waals surface area contributed by atoms with Gasteiger partial charge in [0.25, 0.3) is 0 Å². The summed E-state index contributed by atoms with van der Waals surface area (Å²) in [6.45, 7) is 0. The standard InChI is InChI=1S/C50H34N2/c1-2-13-35(14-3-1)36-25-28-39(29-26-36)51(48-23-10-8-20-45(48)44-22-12-17-37-15-4-6-18-42(37)44)40-30-32-41(33-31-40)52-49-24-11-9-21-46(49)47-34-27-38-16-5-7-19-43(38)50(47)52/h1-34H. The van der Waals surface area contributed by atoms with E-state index < -0.39 is 0 Å². The molecule has 1 aromatic heterocycles. The first kappa shape index (κ1) is 30.0. The van der Waals surface area contributed by atoms with E-state index in [0.717, 1.165) is 22.7 Å². The Morgan fingerprint density at radius 3 is 1.67 bits per heavy atom. The Balaban J connectivity index is 1.16. The van der Waals surface area contributed by atoms with E-state index in [4.69, 9.17) is 0 Å². The number of aromatic nitrogens is 1. The zero-order chi connectivity index (χ0) is 34.4. The van der Waals surface area contributed by atoms with E-state index in [1.165, 1.54) is 65.6 Å². The van der Waals surface area contributed by atoms with Crippen LogP contribution in [0.5, 0.6) is 0 Å². The van der Waals surface area contributed by atoms with Gasteiger partial charge in [0.05, 0.1) is 16.7 Å². The number of benzene rings is 9. The van der Waals surface area contributed by atoms with E-state index >= 15 is 0 Å². The minimum atomic E-state index is 1.09. The van der Waals surface area contributed by atoms with Gasteiger partial charge < -0.3 is 9.47 Å². The minimum Gasteiger partial charge on any atom is -0.310 e. The molecule has 0 aliphatic heterocycles. The summed E-state index contributed by atoms with van der Waals surface area (Å²) in [6, 6.07) is 74.6. The second-order valence-electron chi connectivity index (χ2n) is 13.3. The van der Waals surface area contributed by atoms with E-state index in [9.17, 15) is 0 Å². The fourth-order valence-corrected chi connectivity index (χ4v) is 7.97. The summed E-state index contributed by atoms with van der Waals surface area (Å²) in [7, 11) is 0. The maximum absolute atomic E-state index is 2.43. The summed E-state index contributed by atoms with van der Waals surface area (Å²) in [5.41, 5.74) is 11.7. The lowest BCUT2D eigenvalue weighted by Crippen LogP contribution is -2.11. The van der Waals surface area contributed by atoms with E-state index in [1.54, 1.807) is 0 Å². The second-order valence-corrected chi connectivity index (χ2v) is 13.3. The van der Waals surface area contributed by atoms with Crippen LogP contribution in [-0.2, 0) is 0 Å². The topological polar surface area (TPSA) is 8.17 Å². The molecule has 0 unspecified atom stereocenters. The predicted molar refractivity (Wildman–Crippen MR) is 221 cm³/mol. The molecule has 0 aliphatic carbocycles. The van der Waals surface area contributed by atoms with Crippen LogP contribution in [0, 0.1) is 0 Å². The highest BCUT2D eigenvalue weighted by Gasteiger charge is 2.20. The number of rotatable bonds is 6. The van der Waals surface area contributed by atoms with Crippen molar-refractivity contribution < 1.29 is 0 Å². The average Bonchev–Trinajstić information content (AvgIpc) is 3.57. The lowest BCUT2D eigenvalue weighted by atomic mass is 9.96. The third-order valence-corrected chi connectivity index (χ3v) is 10.4. The number of anilines is 3. The molecule has 9 aromatic carbocycles. The fourth-order valence-electron chi connectivity index (χ4n) is 7.97. The van der Waals surface area contributed by atoms with Crippen molar-refractivity contribution in [3.05, 3.63) is 206 Å². The largest absolute Gasteiger partial charge is 0.310 e. The smallest absolute Gasteiger partial charge is 0.0619 e. The van der Waals surface area contributed by atoms with Crippen LogP contribution in [0.25, 0.3) is 71.3 Å². The third kappa shape index (κ3) is 4.96. The summed E-state index contributed by atoms with van der Waals surface area (Å²) in [6.07, 6.45) is 0. The summed E-state index contributed by atoms with van der Waals surface area (Å²) in [4.78, 5) is 2.40. The lowest BCUT2D eigenvalue weighted by Gasteiger charge is -2.28. The molecule has 0 fully saturated rings. The molecule has 0 saturated carbocycles. The van der Waals surface area contributed by atoms with E-state index in [-0.39, 0.29) is 0 Å². The molecule has 1 heterocycles. The Bertz CT molecular complexity index is 2880. The van der Waals surface area contributed by atoms with Gasteiger partial charge in [-0.1, -0.05) is 158 Å². The second kappa shape index (κ2) is 12.5. The number of hydrogen-bond acceptors (Lipinski definition) is 1. The molecule has 244 valence electrons. The Kier molecular flexibility index (Phi) is 7.18. The van der Waals surface area contributed by atoms with Gasteiger partial charge in [-0.15, -0.1) is 0 Å². The summed E-state index contributed by atoms with van der Waals surface area (Å²) < 4.78 is 2.43. The zero-order valence-electron chi connectivity index (χ0n) is 28.5. The first-order valence-electron chi connectivity index (χ1n) is 17.9. The van der Waals surface area contributed by atoms with Gasteiger partial charge in [-0.2, -0.15) is 0 Å². The van der Waals surface area contributed by atoms with Crippen LogP contribution in [0.2, 0.25) is 0 Å². The molecule has 2 heteroatoms. The van der Waals surface area contributed by atoms with Crippen LogP contribution in [0.3, 0.4) is 0 Å². The highest BCUT2D eigenvalue weighted by atomic mass is 15.1. The fraction of sp³-hybridized carbons (Fsp3) is 0. The van der Waals surface area contributed by atoms with E-state index in [2.05, 4.69) is 216 Å². The summed E-state index contributed by atoms with van der Waals surface area (Å²) in [5.74, 6) is 0. The van der Waals surface area contributed by atoms with Crippen molar-refractivity contribution in [2.24, 2.45) is 0 Å². The van der Waals surface area contributed by atoms with Crippen molar-refractivity contribution in [2.45, 2.75) is 0 Å². The molecular formula is C50H34N2. The molecule has 0 amide bonds. The van der Waals surface area contributed by atoms with Gasteiger partial charge in [0.2, 0.25) is 0 Å². The SMILES string of the molecule is c1ccc(-c2ccc(N(c3ccc(-n4c5ccccc5c5ccc6ccccc6c54)cc3)c3ccccc3-c3cccc4ccccc34)cc2)cc1. The molecule has 0 atom stereocenters. The number of fused-ring (bicyclic) bond motifs is 6. The van der Waals surface area contributed by atoms with Crippen molar-refractivity contribution in [3.8, 4) is 27.9 Å². The number of hydrogen-bond donors (Lipinski definition) is 0. The Morgan fingerprint density at radius 2 is 0.885 bits per heavy atom. The number of para-hydroxylation sites is 2. The van der Waals surface area contributed by atoms with Crippen molar-refractivity contribution in [2.75, 3.05) is 4.90 Å². The van der Waals surface area contributed by atoms with Crippen LogP contribution < -0.4 is 4.90 Å². The Labute approximate surface area is 303 Å². The monoisotopic (exact) mass is 662 g/mol. The maximum atomic E-state index is 2.43. The van der Waals surface area contributed by atoms with Crippen LogP contribution >= 0.6 is 0 Å². The molecule has 52 heavy (non-hydrogen) atoms. The van der Waals surface area contributed by atoms with Crippen molar-refractivity contribution in [1.29, 1.82) is 0 Å². The van der Waals surface area contributed by atoms with E-state index in [0.29, 0.717) is 0 Å². The molecule has 0 saturated heterocycles. The van der Waals surface area contributed by atoms with Crippen LogP contribution in [0.1, 0.15) is 0 Å². The van der Waals surface area contributed by atoms with Gasteiger partial charge in [0, 0.05) is 38.8 Å². The van der Waals surface area contributed by atoms with Crippen LogP contribution in [0.15, 0.2) is 206 Å². The molecule has 0 aliphatic rings. The first-order valence-corrected chi connectivity index (χ1v) is 17.9. The molecule has 10 aromatic rings. The Morgan fingerprint density at radius 1 is 0.327 bits per heavy atom. The maximum Gasteiger partial charge on any atom is 0.0619 e. The van der Waals surface area contributed by atoms with Gasteiger partial charge >= 0.3 is 0 Å². The normalized spacial score (nSPS) is 11.5. The molecule has 0 radical (unpaired) electrons. The number of nitrogens with zero attached hydrogens (tertiary/aromatic N) is 2. The molecule has 0 spiro atoms. The van der Waals surface area contributed by atoms with Crippen LogP contribution in [0.4, 0.5) is 17.1 Å². The van der Waals surface area contributed by atoms with Gasteiger partial charge in [-0.3, -0.25) is 0 Å². The lowest BCUT2D eigenvalue weighted by molar-refractivity contribution is 1.18. The Hall–Kier alpha value is -6.90. The average molecular weight is 663 g/mol. The first-order chi connectivity index (χ1) is 25.8. The molecule has 2 nitrogen and oxygen atoms in total. The summed E-state index contributed by atoms with van der Waals surface area (Å²) in [5, 5.41) is 7.50. The van der Waals surface area contributed by atoms with Crippen molar-refractivity contribution in [1.82, 2.24) is 4.57 Å². The summed E-state index contributed by atoms with van der Waals surface area (Å²) >= 11 is 0. The van der Waals surface area contributed by atoms with Crippen molar-refractivity contribution in [3.63, 3.8) is 0 Å². The predicted octanol–water partition coefficient (Wildman–Crippen LogP) is 13.9. The quantitative estimate of drug-likeness (QED) is 0.172.